The lowest BCUT2D eigenvalue weighted by Crippen LogP contribution is -2.46. The molecular weight excluding hydrogens is 797 g/mol. The van der Waals surface area contributed by atoms with Gasteiger partial charge >= 0.3 is 0 Å². The Bertz CT molecular complexity index is 2270. The first-order valence-corrected chi connectivity index (χ1v) is 22.9. The number of hydrogen-bond donors (Lipinski definition) is 2. The van der Waals surface area contributed by atoms with Crippen molar-refractivity contribution in [3.8, 4) is 11.5 Å². The molecule has 0 saturated heterocycles. The van der Waals surface area contributed by atoms with Crippen molar-refractivity contribution in [2.45, 2.75) is 149 Å². The van der Waals surface area contributed by atoms with Crippen molar-refractivity contribution < 1.29 is 23.9 Å². The second kappa shape index (κ2) is 22.7. The maximum absolute atomic E-state index is 13.4. The van der Waals surface area contributed by atoms with E-state index >= 15 is 0 Å². The molecule has 2 amide bonds. The minimum absolute atomic E-state index is 0.0554. The van der Waals surface area contributed by atoms with Gasteiger partial charge in [-0.25, -0.2) is 0 Å². The highest BCUT2D eigenvalue weighted by molar-refractivity contribution is 5.97. The SMILES string of the molecule is CC(C)N1CCn2c(CN)cc(=O)c(OCc3ccccc3)c2C1=O.CC(C)N1CCn2c(CNC3CCCCC3)cc(=O)c(OCc3ccccc3)c2C1=O.O=C1CCCCC1. The molecule has 3 N–H and O–H groups in total. The molecule has 2 aromatic carbocycles. The third kappa shape index (κ3) is 12.1. The fourth-order valence-electron chi connectivity index (χ4n) is 8.72. The van der Waals surface area contributed by atoms with E-state index in [1.807, 2.05) is 102 Å². The number of fused-ring (bicyclic) bond motifs is 2. The van der Waals surface area contributed by atoms with E-state index in [0.717, 1.165) is 42.5 Å². The van der Waals surface area contributed by atoms with Gasteiger partial charge in [0, 0.05) is 93.8 Å². The number of nitrogens with two attached hydrogens (primary N) is 1. The predicted octanol–water partition coefficient (Wildman–Crippen LogP) is 6.98. The summed E-state index contributed by atoms with van der Waals surface area (Å²) in [6.07, 6.45) is 11.4. The highest BCUT2D eigenvalue weighted by atomic mass is 16.5. The lowest BCUT2D eigenvalue weighted by Gasteiger charge is -2.35. The second-order valence-corrected chi connectivity index (χ2v) is 17.4. The number of amides is 2. The highest BCUT2D eigenvalue weighted by Gasteiger charge is 2.34. The molecule has 13 nitrogen and oxygen atoms in total. The maximum Gasteiger partial charge on any atom is 0.274 e. The van der Waals surface area contributed by atoms with Gasteiger partial charge < -0.3 is 39.5 Å². The summed E-state index contributed by atoms with van der Waals surface area (Å²) >= 11 is 0. The molecule has 4 aromatic rings. The zero-order valence-electron chi connectivity index (χ0n) is 37.6. The molecular formula is C50H66N6O7. The van der Waals surface area contributed by atoms with Crippen LogP contribution in [0.4, 0.5) is 0 Å². The second-order valence-electron chi connectivity index (χ2n) is 17.4. The van der Waals surface area contributed by atoms with E-state index in [0.29, 0.717) is 61.6 Å². The third-order valence-electron chi connectivity index (χ3n) is 12.3. The minimum Gasteiger partial charge on any atom is -0.483 e. The molecule has 0 radical (unpaired) electrons. The Hall–Kier alpha value is -5.53. The predicted molar refractivity (Wildman–Crippen MR) is 245 cm³/mol. The summed E-state index contributed by atoms with van der Waals surface area (Å²) in [6.45, 7) is 11.7. The van der Waals surface area contributed by atoms with Gasteiger partial charge in [-0.15, -0.1) is 0 Å². The van der Waals surface area contributed by atoms with Crippen molar-refractivity contribution in [3.63, 3.8) is 0 Å². The topological polar surface area (TPSA) is 158 Å². The Morgan fingerprint density at radius 3 is 1.48 bits per heavy atom. The van der Waals surface area contributed by atoms with Gasteiger partial charge in [-0.1, -0.05) is 86.3 Å². The van der Waals surface area contributed by atoms with Crippen LogP contribution in [0.15, 0.2) is 82.4 Å². The van der Waals surface area contributed by atoms with E-state index in [2.05, 4.69) is 5.32 Å². The Balaban J connectivity index is 0.000000184. The lowest BCUT2D eigenvalue weighted by atomic mass is 9.95. The number of carbonyl (C=O) groups is 3. The fourth-order valence-corrected chi connectivity index (χ4v) is 8.72. The van der Waals surface area contributed by atoms with E-state index in [9.17, 15) is 24.0 Å². The molecule has 4 aliphatic rings. The number of rotatable bonds is 12. The van der Waals surface area contributed by atoms with Gasteiger partial charge in [0.2, 0.25) is 10.9 Å². The number of Topliss-reactive ketones (excluding diaryl/α,β-unsaturated/α-hetero) is 1. The molecule has 2 fully saturated rings. The summed E-state index contributed by atoms with van der Waals surface area (Å²) in [7, 11) is 0. The van der Waals surface area contributed by atoms with Crippen LogP contribution in [0, 0.1) is 0 Å². The van der Waals surface area contributed by atoms with E-state index in [1.165, 1.54) is 44.6 Å². The van der Waals surface area contributed by atoms with Crippen molar-refractivity contribution in [2.75, 3.05) is 13.1 Å². The molecule has 0 spiro atoms. The zero-order chi connectivity index (χ0) is 44.9. The smallest absolute Gasteiger partial charge is 0.274 e. The zero-order valence-corrected chi connectivity index (χ0v) is 37.6. The molecule has 338 valence electrons. The molecule has 0 bridgehead atoms. The minimum atomic E-state index is -0.304. The van der Waals surface area contributed by atoms with Crippen LogP contribution in [0.2, 0.25) is 0 Å². The summed E-state index contributed by atoms with van der Waals surface area (Å²) in [5, 5.41) is 3.62. The van der Waals surface area contributed by atoms with Crippen LogP contribution in [0.1, 0.15) is 135 Å². The molecule has 2 aliphatic heterocycles. The van der Waals surface area contributed by atoms with Crippen molar-refractivity contribution in [1.82, 2.24) is 24.3 Å². The molecule has 0 atom stereocenters. The number of pyridine rings is 2. The van der Waals surface area contributed by atoms with Gasteiger partial charge in [0.05, 0.1) is 0 Å². The number of hydrogen-bond acceptors (Lipinski definition) is 9. The molecule has 8 rings (SSSR count). The Labute approximate surface area is 371 Å². The van der Waals surface area contributed by atoms with Gasteiger partial charge in [-0.3, -0.25) is 24.0 Å². The monoisotopic (exact) mass is 862 g/mol. The van der Waals surface area contributed by atoms with Crippen LogP contribution in [0.25, 0.3) is 0 Å². The Morgan fingerprint density at radius 2 is 1.05 bits per heavy atom. The average Bonchev–Trinajstić information content (AvgIpc) is 3.29. The number of ether oxygens (including phenoxy) is 2. The lowest BCUT2D eigenvalue weighted by molar-refractivity contribution is -0.120. The van der Waals surface area contributed by atoms with E-state index in [1.54, 1.807) is 11.0 Å². The average molecular weight is 863 g/mol. The standard InChI is InChI=1S/C25H33N3O3.C19H23N3O3.C6H10O/c1-18(2)27-13-14-28-21(16-26-20-11-7-4-8-12-20)15-22(29)24(23(28)25(27)30)31-17-19-9-5-3-6-10-19;1-13(2)21-8-9-22-15(11-20)10-16(23)18(17(22)19(21)24)25-12-14-6-4-3-5-7-14;7-6-4-2-1-3-5-6/h3,5-6,9-10,15,18,20,26H,4,7-8,11-14,16-17H2,1-2H3;3-7,10,13H,8-9,11-12,20H2,1-2H3;1-5H2. The van der Waals surface area contributed by atoms with E-state index < -0.39 is 0 Å². The number of aromatic nitrogens is 2. The van der Waals surface area contributed by atoms with Gasteiger partial charge in [0.15, 0.2) is 22.9 Å². The van der Waals surface area contributed by atoms with Crippen LogP contribution in [-0.2, 0) is 44.2 Å². The molecule has 13 heteroatoms. The summed E-state index contributed by atoms with van der Waals surface area (Å²) in [4.78, 5) is 66.0. The van der Waals surface area contributed by atoms with Gasteiger partial charge in [-0.05, 0) is 64.5 Å². The van der Waals surface area contributed by atoms with Crippen molar-refractivity contribution >= 4 is 17.6 Å². The van der Waals surface area contributed by atoms with Gasteiger partial charge in [-0.2, -0.15) is 0 Å². The third-order valence-corrected chi connectivity index (χ3v) is 12.3. The maximum atomic E-state index is 13.4. The summed E-state index contributed by atoms with van der Waals surface area (Å²) < 4.78 is 15.6. The van der Waals surface area contributed by atoms with Crippen LogP contribution in [0.3, 0.4) is 0 Å². The van der Waals surface area contributed by atoms with Crippen molar-refractivity contribution in [3.05, 3.63) is 127 Å². The molecule has 63 heavy (non-hydrogen) atoms. The molecule has 2 aromatic heterocycles. The summed E-state index contributed by atoms with van der Waals surface area (Å²) in [6, 6.07) is 23.0. The van der Waals surface area contributed by atoms with Crippen LogP contribution >= 0.6 is 0 Å². The largest absolute Gasteiger partial charge is 0.483 e. The number of nitrogens with one attached hydrogen (secondary N) is 1. The van der Waals surface area contributed by atoms with Crippen molar-refractivity contribution in [2.24, 2.45) is 5.73 Å². The normalized spacial score (nSPS) is 16.5. The number of nitrogens with zero attached hydrogens (tertiary/aromatic N) is 4. The van der Waals surface area contributed by atoms with E-state index in [-0.39, 0.29) is 66.0 Å². The van der Waals surface area contributed by atoms with Crippen LogP contribution < -0.4 is 31.4 Å². The summed E-state index contributed by atoms with van der Waals surface area (Å²) in [5.41, 5.74) is 9.38. The molecule has 2 aliphatic carbocycles. The van der Waals surface area contributed by atoms with Gasteiger partial charge in [0.1, 0.15) is 19.0 Å². The molecule has 4 heterocycles. The first kappa shape index (κ1) is 47.0. The Morgan fingerprint density at radius 1 is 0.603 bits per heavy atom. The number of benzene rings is 2. The number of ketones is 1. The Kier molecular flexibility index (Phi) is 16.9. The number of carbonyl (C=O) groups excluding carboxylic acids is 3. The fraction of sp³-hybridized carbons (Fsp3) is 0.500. The van der Waals surface area contributed by atoms with Gasteiger partial charge in [0.25, 0.3) is 11.8 Å². The first-order chi connectivity index (χ1) is 30.5. The summed E-state index contributed by atoms with van der Waals surface area (Å²) in [5.74, 6) is 0.431. The van der Waals surface area contributed by atoms with E-state index in [4.69, 9.17) is 15.2 Å². The highest BCUT2D eigenvalue weighted by Crippen LogP contribution is 2.27. The van der Waals surface area contributed by atoms with Crippen LogP contribution in [0.5, 0.6) is 11.5 Å². The molecule has 0 unspecified atom stereocenters. The van der Waals surface area contributed by atoms with Crippen molar-refractivity contribution in [1.29, 1.82) is 0 Å². The molecule has 2 saturated carbocycles. The quantitative estimate of drug-likeness (QED) is 0.153. The van der Waals surface area contributed by atoms with Crippen LogP contribution in [-0.4, -0.2) is 67.7 Å². The first-order valence-electron chi connectivity index (χ1n) is 22.9.